The van der Waals surface area contributed by atoms with E-state index in [0.717, 1.165) is 0 Å². The monoisotopic (exact) mass is 445 g/mol. The molecule has 31 heavy (non-hydrogen) atoms. The number of amidine groups is 1. The van der Waals surface area contributed by atoms with Crippen molar-refractivity contribution in [3.63, 3.8) is 0 Å². The average Bonchev–Trinajstić information content (AvgIpc) is 2.66. The zero-order chi connectivity index (χ0) is 23.2. The van der Waals surface area contributed by atoms with Crippen molar-refractivity contribution in [3.05, 3.63) is 36.4 Å². The molecule has 2 aromatic heterocycles. The van der Waals surface area contributed by atoms with Gasteiger partial charge in [-0.3, -0.25) is 10.3 Å². The van der Waals surface area contributed by atoms with Crippen LogP contribution in [0.1, 0.15) is 40.3 Å². The fraction of sp³-hybridized carbons (Fsp3) is 0.400. The Kier molecular flexibility index (Phi) is 7.81. The molecule has 166 valence electrons. The molecule has 0 bridgehead atoms. The van der Waals surface area contributed by atoms with Crippen molar-refractivity contribution >= 4 is 40.9 Å². The number of pyridine rings is 1. The summed E-state index contributed by atoms with van der Waals surface area (Å²) < 4.78 is 10.9. The fourth-order valence-corrected chi connectivity index (χ4v) is 2.47. The van der Waals surface area contributed by atoms with Crippen LogP contribution in [0.2, 0.25) is 0 Å². The molecule has 1 amide bonds. The molecule has 2 heterocycles. The zero-order valence-electron chi connectivity index (χ0n) is 18.4. The van der Waals surface area contributed by atoms with E-state index in [9.17, 15) is 4.79 Å². The van der Waals surface area contributed by atoms with Gasteiger partial charge >= 0.3 is 6.09 Å². The number of rotatable bonds is 5. The molecule has 0 spiro atoms. The first-order chi connectivity index (χ1) is 14.5. The molecule has 0 aliphatic heterocycles. The van der Waals surface area contributed by atoms with E-state index >= 15 is 0 Å². The molecule has 3 N–H and O–H groups in total. The molecule has 0 fully saturated rings. The Morgan fingerprint density at radius 3 is 2.45 bits per heavy atom. The van der Waals surface area contributed by atoms with Crippen LogP contribution in [0.15, 0.2) is 30.7 Å². The number of ether oxygens (including phenoxy) is 2. The lowest BCUT2D eigenvalue weighted by Crippen LogP contribution is -2.37. The van der Waals surface area contributed by atoms with Gasteiger partial charge in [-0.2, -0.15) is 0 Å². The van der Waals surface area contributed by atoms with Crippen molar-refractivity contribution in [3.8, 4) is 5.75 Å². The van der Waals surface area contributed by atoms with Gasteiger partial charge in [0, 0.05) is 19.4 Å². The SMILES string of the molecule is CC(C)Oc1ccc(C(=N)NC(=S)Nc2nccnc2N(C)C(=O)OC(C)(C)C)nc1. The number of hydrogen-bond acceptors (Lipinski definition) is 8. The number of nitrogens with zero attached hydrogens (tertiary/aromatic N) is 4. The summed E-state index contributed by atoms with van der Waals surface area (Å²) in [4.78, 5) is 26.2. The van der Waals surface area contributed by atoms with E-state index in [1.165, 1.54) is 24.3 Å². The van der Waals surface area contributed by atoms with Gasteiger partial charge in [0.2, 0.25) is 0 Å². The number of nitrogens with one attached hydrogen (secondary N) is 3. The number of thiocarbonyl (C=S) groups is 1. The van der Waals surface area contributed by atoms with Crippen molar-refractivity contribution in [2.45, 2.75) is 46.3 Å². The summed E-state index contributed by atoms with van der Waals surface area (Å²) in [6, 6.07) is 3.38. The van der Waals surface area contributed by atoms with E-state index in [4.69, 9.17) is 27.1 Å². The van der Waals surface area contributed by atoms with Crippen LogP contribution in [-0.4, -0.2) is 50.7 Å². The van der Waals surface area contributed by atoms with Crippen LogP contribution in [0.5, 0.6) is 5.75 Å². The van der Waals surface area contributed by atoms with Crippen molar-refractivity contribution in [2.75, 3.05) is 17.3 Å². The van der Waals surface area contributed by atoms with Gasteiger partial charge in [-0.05, 0) is 59.0 Å². The average molecular weight is 446 g/mol. The predicted molar refractivity (Wildman–Crippen MR) is 123 cm³/mol. The molecule has 10 nitrogen and oxygen atoms in total. The van der Waals surface area contributed by atoms with Gasteiger partial charge in [0.05, 0.1) is 12.3 Å². The molecule has 2 rings (SSSR count). The number of carbonyl (C=O) groups excluding carboxylic acids is 1. The van der Waals surface area contributed by atoms with Gasteiger partial charge in [-0.15, -0.1) is 0 Å². The van der Waals surface area contributed by atoms with Gasteiger partial charge in [-0.1, -0.05) is 0 Å². The van der Waals surface area contributed by atoms with Crippen LogP contribution in [0.25, 0.3) is 0 Å². The van der Waals surface area contributed by atoms with E-state index in [1.807, 2.05) is 13.8 Å². The summed E-state index contributed by atoms with van der Waals surface area (Å²) in [6.45, 7) is 9.16. The lowest BCUT2D eigenvalue weighted by molar-refractivity contribution is 0.0588. The molecule has 0 aliphatic carbocycles. The molecule has 0 saturated carbocycles. The second-order valence-electron chi connectivity index (χ2n) is 7.77. The zero-order valence-corrected chi connectivity index (χ0v) is 19.2. The van der Waals surface area contributed by atoms with Crippen LogP contribution in [0.3, 0.4) is 0 Å². The third kappa shape index (κ3) is 7.45. The summed E-state index contributed by atoms with van der Waals surface area (Å²) in [5.41, 5.74) is -0.277. The van der Waals surface area contributed by atoms with Gasteiger partial charge in [0.1, 0.15) is 17.0 Å². The molecular weight excluding hydrogens is 418 g/mol. The minimum absolute atomic E-state index is 0.0143. The number of hydrogen-bond donors (Lipinski definition) is 3. The van der Waals surface area contributed by atoms with Crippen LogP contribution >= 0.6 is 12.2 Å². The lowest BCUT2D eigenvalue weighted by atomic mass is 10.2. The van der Waals surface area contributed by atoms with Crippen molar-refractivity contribution in [2.24, 2.45) is 0 Å². The fourth-order valence-electron chi connectivity index (χ4n) is 2.27. The summed E-state index contributed by atoms with van der Waals surface area (Å²) >= 11 is 5.28. The topological polar surface area (TPSA) is 125 Å². The van der Waals surface area contributed by atoms with E-state index in [0.29, 0.717) is 11.4 Å². The van der Waals surface area contributed by atoms with Gasteiger partial charge in [-0.25, -0.2) is 19.7 Å². The predicted octanol–water partition coefficient (Wildman–Crippen LogP) is 3.34. The smallest absolute Gasteiger partial charge is 0.415 e. The molecule has 0 saturated heterocycles. The Bertz CT molecular complexity index is 943. The second-order valence-corrected chi connectivity index (χ2v) is 8.18. The Labute approximate surface area is 186 Å². The molecular formula is C20H27N7O3S. The second kappa shape index (κ2) is 10.1. The highest BCUT2D eigenvalue weighted by molar-refractivity contribution is 7.80. The summed E-state index contributed by atoms with van der Waals surface area (Å²) in [7, 11) is 1.52. The van der Waals surface area contributed by atoms with Crippen molar-refractivity contribution in [1.29, 1.82) is 5.41 Å². The maximum absolute atomic E-state index is 12.4. The summed E-state index contributed by atoms with van der Waals surface area (Å²) in [5, 5.41) is 13.9. The van der Waals surface area contributed by atoms with Crippen LogP contribution in [0, 0.1) is 5.41 Å². The van der Waals surface area contributed by atoms with Crippen LogP contribution in [-0.2, 0) is 4.74 Å². The largest absolute Gasteiger partial charge is 0.489 e. The summed E-state index contributed by atoms with van der Waals surface area (Å²) in [6.07, 6.45) is 3.89. The Hall–Kier alpha value is -3.34. The minimum Gasteiger partial charge on any atom is -0.489 e. The Morgan fingerprint density at radius 2 is 1.87 bits per heavy atom. The maximum Gasteiger partial charge on any atom is 0.415 e. The van der Waals surface area contributed by atoms with Crippen LogP contribution < -0.4 is 20.3 Å². The minimum atomic E-state index is -0.657. The lowest BCUT2D eigenvalue weighted by Gasteiger charge is -2.25. The highest BCUT2D eigenvalue weighted by Gasteiger charge is 2.24. The van der Waals surface area contributed by atoms with E-state index in [2.05, 4.69) is 25.6 Å². The third-order valence-electron chi connectivity index (χ3n) is 3.50. The highest BCUT2D eigenvalue weighted by Crippen LogP contribution is 2.21. The molecule has 0 radical (unpaired) electrons. The number of aromatic nitrogens is 3. The molecule has 2 aromatic rings. The molecule has 0 aromatic carbocycles. The standard InChI is InChI=1S/C20H27N7O3S/c1-12(2)29-13-7-8-14(24-11-13)15(21)25-18(31)26-16-17(23-10-9-22-16)27(6)19(28)30-20(3,4)5/h7-12H,1-6H3,(H3,21,22,25,26,31). The Morgan fingerprint density at radius 1 is 1.19 bits per heavy atom. The van der Waals surface area contributed by atoms with Gasteiger partial charge < -0.3 is 20.1 Å². The molecule has 0 aliphatic rings. The molecule has 11 heteroatoms. The van der Waals surface area contributed by atoms with E-state index in [-0.39, 0.29) is 28.7 Å². The number of amides is 1. The Balaban J connectivity index is 2.05. The van der Waals surface area contributed by atoms with E-state index < -0.39 is 11.7 Å². The van der Waals surface area contributed by atoms with E-state index in [1.54, 1.807) is 39.1 Å². The normalized spacial score (nSPS) is 10.9. The highest BCUT2D eigenvalue weighted by atomic mass is 32.1. The number of carbonyl (C=O) groups is 1. The first-order valence-corrected chi connectivity index (χ1v) is 9.94. The molecule has 0 atom stereocenters. The van der Waals surface area contributed by atoms with Crippen molar-refractivity contribution < 1.29 is 14.3 Å². The van der Waals surface area contributed by atoms with Gasteiger partial charge in [0.25, 0.3) is 0 Å². The quantitative estimate of drug-likeness (QED) is 0.361. The number of anilines is 2. The summed E-state index contributed by atoms with van der Waals surface area (Å²) in [5.74, 6) is 1.05. The van der Waals surface area contributed by atoms with Gasteiger partial charge in [0.15, 0.2) is 22.6 Å². The first-order valence-electron chi connectivity index (χ1n) is 9.53. The van der Waals surface area contributed by atoms with Crippen molar-refractivity contribution in [1.82, 2.24) is 20.3 Å². The van der Waals surface area contributed by atoms with Crippen LogP contribution in [0.4, 0.5) is 16.4 Å². The maximum atomic E-state index is 12.4. The first kappa shape index (κ1) is 23.9. The molecule has 0 unspecified atom stereocenters. The third-order valence-corrected chi connectivity index (χ3v) is 3.70.